The van der Waals surface area contributed by atoms with Crippen LogP contribution in [0.25, 0.3) is 22.2 Å². The molecule has 6 heteroatoms. The molecular formula is C20H18N2O4. The van der Waals surface area contributed by atoms with Gasteiger partial charge in [-0.2, -0.15) is 4.98 Å². The number of hydrogen-bond donors (Lipinski definition) is 1. The first-order chi connectivity index (χ1) is 12.5. The first kappa shape index (κ1) is 16.3. The normalized spacial score (nSPS) is 17.0. The predicted octanol–water partition coefficient (Wildman–Crippen LogP) is 3.22. The van der Waals surface area contributed by atoms with Crippen LogP contribution in [0.2, 0.25) is 0 Å². The molecule has 0 saturated carbocycles. The molecule has 3 heterocycles. The van der Waals surface area contributed by atoms with E-state index in [0.717, 1.165) is 28.5 Å². The fraction of sp³-hybridized carbons (Fsp3) is 0.250. The lowest BCUT2D eigenvalue weighted by atomic mass is 9.99. The van der Waals surface area contributed by atoms with Crippen molar-refractivity contribution >= 4 is 22.9 Å². The van der Waals surface area contributed by atoms with Crippen molar-refractivity contribution in [2.75, 3.05) is 11.4 Å². The zero-order chi connectivity index (χ0) is 18.3. The highest BCUT2D eigenvalue weighted by Crippen LogP contribution is 2.31. The Balaban J connectivity index is 1.87. The van der Waals surface area contributed by atoms with Crippen LogP contribution in [0.4, 0.5) is 5.82 Å². The van der Waals surface area contributed by atoms with Gasteiger partial charge in [0.1, 0.15) is 11.9 Å². The number of carboxylic acid groups (broad SMARTS) is 1. The Morgan fingerprint density at radius 2 is 2.04 bits per heavy atom. The van der Waals surface area contributed by atoms with Gasteiger partial charge in [-0.1, -0.05) is 24.3 Å². The quantitative estimate of drug-likeness (QED) is 0.781. The van der Waals surface area contributed by atoms with Gasteiger partial charge in [0.25, 0.3) is 0 Å². The third-order valence-electron chi connectivity index (χ3n) is 4.86. The SMILES string of the molecule is Cc1ccccc1-c1cc(=O)oc2nc(N3CCCC3C(=O)O)ccc12. The number of carbonyl (C=O) groups is 1. The lowest BCUT2D eigenvalue weighted by Gasteiger charge is -2.22. The molecule has 0 aliphatic carbocycles. The molecule has 0 amide bonds. The van der Waals surface area contributed by atoms with E-state index in [0.29, 0.717) is 18.8 Å². The average Bonchev–Trinajstić information content (AvgIpc) is 3.11. The number of rotatable bonds is 3. The number of carboxylic acids is 1. The van der Waals surface area contributed by atoms with E-state index in [-0.39, 0.29) is 5.71 Å². The number of hydrogen-bond acceptors (Lipinski definition) is 5. The van der Waals surface area contributed by atoms with Crippen molar-refractivity contribution in [2.24, 2.45) is 0 Å². The first-order valence-corrected chi connectivity index (χ1v) is 8.55. The highest BCUT2D eigenvalue weighted by atomic mass is 16.4. The molecule has 0 spiro atoms. The fourth-order valence-electron chi connectivity index (χ4n) is 3.59. The number of aromatic nitrogens is 1. The number of pyridine rings is 1. The minimum atomic E-state index is -0.862. The van der Waals surface area contributed by atoms with Crippen molar-refractivity contribution < 1.29 is 14.3 Å². The summed E-state index contributed by atoms with van der Waals surface area (Å²) in [6.45, 7) is 2.61. The van der Waals surface area contributed by atoms with Gasteiger partial charge < -0.3 is 14.4 Å². The molecule has 0 radical (unpaired) electrons. The molecule has 4 rings (SSSR count). The number of benzene rings is 1. The monoisotopic (exact) mass is 350 g/mol. The Hall–Kier alpha value is -3.15. The van der Waals surface area contributed by atoms with E-state index in [4.69, 9.17) is 4.42 Å². The molecule has 132 valence electrons. The van der Waals surface area contributed by atoms with Crippen molar-refractivity contribution in [2.45, 2.75) is 25.8 Å². The molecule has 6 nitrogen and oxygen atoms in total. The van der Waals surface area contributed by atoms with E-state index in [1.54, 1.807) is 11.0 Å². The highest BCUT2D eigenvalue weighted by molar-refractivity contribution is 5.93. The molecule has 1 fully saturated rings. The first-order valence-electron chi connectivity index (χ1n) is 8.55. The van der Waals surface area contributed by atoms with Gasteiger partial charge in [0, 0.05) is 23.6 Å². The van der Waals surface area contributed by atoms with Gasteiger partial charge in [-0.05, 0) is 43.0 Å². The van der Waals surface area contributed by atoms with E-state index < -0.39 is 17.6 Å². The Morgan fingerprint density at radius 3 is 2.81 bits per heavy atom. The van der Waals surface area contributed by atoms with Crippen molar-refractivity contribution in [1.29, 1.82) is 0 Å². The minimum Gasteiger partial charge on any atom is -0.480 e. The Labute approximate surface area is 149 Å². The third-order valence-corrected chi connectivity index (χ3v) is 4.86. The second-order valence-corrected chi connectivity index (χ2v) is 6.51. The van der Waals surface area contributed by atoms with E-state index in [1.807, 2.05) is 37.3 Å². The van der Waals surface area contributed by atoms with Crippen LogP contribution < -0.4 is 10.5 Å². The summed E-state index contributed by atoms with van der Waals surface area (Å²) in [7, 11) is 0. The van der Waals surface area contributed by atoms with Gasteiger partial charge in [0.15, 0.2) is 0 Å². The highest BCUT2D eigenvalue weighted by Gasteiger charge is 2.31. The van der Waals surface area contributed by atoms with Crippen molar-refractivity contribution in [3.05, 3.63) is 58.4 Å². The summed E-state index contributed by atoms with van der Waals surface area (Å²) in [6, 6.07) is 12.3. The molecule has 2 aromatic heterocycles. The number of fused-ring (bicyclic) bond motifs is 1. The molecule has 1 aromatic carbocycles. The zero-order valence-corrected chi connectivity index (χ0v) is 14.3. The Morgan fingerprint density at radius 1 is 1.23 bits per heavy atom. The van der Waals surface area contributed by atoms with Crippen LogP contribution in [0.15, 0.2) is 51.7 Å². The van der Waals surface area contributed by atoms with Gasteiger partial charge in [0.2, 0.25) is 5.71 Å². The topological polar surface area (TPSA) is 83.6 Å². The van der Waals surface area contributed by atoms with E-state index in [9.17, 15) is 14.7 Å². The van der Waals surface area contributed by atoms with Gasteiger partial charge in [-0.3, -0.25) is 0 Å². The summed E-state index contributed by atoms with van der Waals surface area (Å²) < 4.78 is 5.32. The lowest BCUT2D eigenvalue weighted by molar-refractivity contribution is -0.138. The predicted molar refractivity (Wildman–Crippen MR) is 98.5 cm³/mol. The summed E-state index contributed by atoms with van der Waals surface area (Å²) in [5.41, 5.74) is 2.52. The fourth-order valence-corrected chi connectivity index (χ4v) is 3.59. The molecular weight excluding hydrogens is 332 g/mol. The summed E-state index contributed by atoms with van der Waals surface area (Å²) in [5.74, 6) is -0.341. The van der Waals surface area contributed by atoms with Crippen LogP contribution in [0.3, 0.4) is 0 Å². The van der Waals surface area contributed by atoms with E-state index >= 15 is 0 Å². The molecule has 1 unspecified atom stereocenters. The van der Waals surface area contributed by atoms with Gasteiger partial charge in [-0.25, -0.2) is 9.59 Å². The third kappa shape index (κ3) is 2.73. The number of anilines is 1. The minimum absolute atomic E-state index is 0.226. The Kier molecular flexibility index (Phi) is 3.95. The second kappa shape index (κ2) is 6.29. The van der Waals surface area contributed by atoms with Crippen LogP contribution in [-0.2, 0) is 4.79 Å². The van der Waals surface area contributed by atoms with Gasteiger partial charge in [-0.15, -0.1) is 0 Å². The van der Waals surface area contributed by atoms with Crippen LogP contribution in [0.5, 0.6) is 0 Å². The summed E-state index contributed by atoms with van der Waals surface area (Å²) in [4.78, 5) is 29.7. The Bertz CT molecular complexity index is 1060. The van der Waals surface area contributed by atoms with Gasteiger partial charge in [0.05, 0.1) is 0 Å². The van der Waals surface area contributed by atoms with Gasteiger partial charge >= 0.3 is 11.6 Å². The molecule has 1 aliphatic heterocycles. The second-order valence-electron chi connectivity index (χ2n) is 6.51. The van der Waals surface area contributed by atoms with E-state index in [2.05, 4.69) is 4.98 Å². The number of aliphatic carboxylic acids is 1. The van der Waals surface area contributed by atoms with Crippen molar-refractivity contribution in [3.8, 4) is 11.1 Å². The molecule has 3 aromatic rings. The molecule has 1 saturated heterocycles. The van der Waals surface area contributed by atoms with Crippen LogP contribution in [0, 0.1) is 6.92 Å². The van der Waals surface area contributed by atoms with E-state index in [1.165, 1.54) is 6.07 Å². The number of aryl methyl sites for hydroxylation is 1. The summed E-state index contributed by atoms with van der Waals surface area (Å²) in [6.07, 6.45) is 1.38. The van der Waals surface area contributed by atoms with Crippen molar-refractivity contribution in [3.63, 3.8) is 0 Å². The standard InChI is InChI=1S/C20H18N2O4/c1-12-5-2-3-6-13(12)15-11-18(23)26-19-14(15)8-9-17(21-19)22-10-4-7-16(22)20(24)25/h2-3,5-6,8-9,11,16H,4,7,10H2,1H3,(H,24,25). The lowest BCUT2D eigenvalue weighted by Crippen LogP contribution is -2.36. The van der Waals surface area contributed by atoms with Crippen LogP contribution >= 0.6 is 0 Å². The zero-order valence-electron chi connectivity index (χ0n) is 14.3. The molecule has 0 bridgehead atoms. The molecule has 1 N–H and O–H groups in total. The van der Waals surface area contributed by atoms with Crippen LogP contribution in [0.1, 0.15) is 18.4 Å². The molecule has 1 atom stereocenters. The maximum absolute atomic E-state index is 12.1. The van der Waals surface area contributed by atoms with Crippen LogP contribution in [-0.4, -0.2) is 28.6 Å². The molecule has 1 aliphatic rings. The summed E-state index contributed by atoms with van der Waals surface area (Å²) >= 11 is 0. The summed E-state index contributed by atoms with van der Waals surface area (Å²) in [5, 5.41) is 10.1. The molecule has 26 heavy (non-hydrogen) atoms. The maximum atomic E-state index is 12.1. The number of nitrogens with zero attached hydrogens (tertiary/aromatic N) is 2. The average molecular weight is 350 g/mol. The maximum Gasteiger partial charge on any atom is 0.338 e. The smallest absolute Gasteiger partial charge is 0.338 e. The largest absolute Gasteiger partial charge is 0.480 e. The van der Waals surface area contributed by atoms with Crippen molar-refractivity contribution in [1.82, 2.24) is 4.98 Å².